The number of pyridine rings is 1. The maximum atomic E-state index is 12.5. The lowest BCUT2D eigenvalue weighted by molar-refractivity contribution is 0.102. The lowest BCUT2D eigenvalue weighted by atomic mass is 10.1. The highest BCUT2D eigenvalue weighted by Gasteiger charge is 2.14. The Labute approximate surface area is 144 Å². The molecule has 0 saturated carbocycles. The van der Waals surface area contributed by atoms with Gasteiger partial charge in [-0.25, -0.2) is 4.98 Å². The van der Waals surface area contributed by atoms with Gasteiger partial charge < -0.3 is 10.6 Å². The summed E-state index contributed by atoms with van der Waals surface area (Å²) in [6.45, 7) is 6.03. The van der Waals surface area contributed by atoms with Crippen molar-refractivity contribution < 1.29 is 4.79 Å². The van der Waals surface area contributed by atoms with Gasteiger partial charge in [-0.2, -0.15) is 0 Å². The van der Waals surface area contributed by atoms with Gasteiger partial charge in [-0.1, -0.05) is 17.7 Å². The fourth-order valence-corrected chi connectivity index (χ4v) is 3.26. The van der Waals surface area contributed by atoms with Crippen LogP contribution in [-0.2, 0) is 0 Å². The molecule has 3 aromatic rings. The van der Waals surface area contributed by atoms with Crippen molar-refractivity contribution in [1.82, 2.24) is 9.97 Å². The van der Waals surface area contributed by atoms with Crippen molar-refractivity contribution in [2.24, 2.45) is 0 Å². The first-order chi connectivity index (χ1) is 11.5. The van der Waals surface area contributed by atoms with E-state index in [4.69, 9.17) is 0 Å². The van der Waals surface area contributed by atoms with Gasteiger partial charge >= 0.3 is 0 Å². The minimum atomic E-state index is -0.208. The van der Waals surface area contributed by atoms with Gasteiger partial charge in [-0.3, -0.25) is 9.78 Å². The standard InChI is InChI=1S/C18H18N4OS/c1-11-7-12(2)16(13(3)8-11)22-17(23)15-10-24-18(21-15)20-14-5-4-6-19-9-14/h4-10H,1-3H3,(H,20,21)(H,22,23). The lowest BCUT2D eigenvalue weighted by Gasteiger charge is -2.11. The summed E-state index contributed by atoms with van der Waals surface area (Å²) >= 11 is 1.38. The van der Waals surface area contributed by atoms with E-state index in [1.165, 1.54) is 16.9 Å². The number of aryl methyl sites for hydroxylation is 3. The number of aromatic nitrogens is 2. The number of carbonyl (C=O) groups is 1. The van der Waals surface area contributed by atoms with E-state index in [0.29, 0.717) is 10.8 Å². The number of benzene rings is 1. The molecule has 2 aromatic heterocycles. The second-order valence-electron chi connectivity index (χ2n) is 5.63. The fourth-order valence-electron chi connectivity index (χ4n) is 2.55. The van der Waals surface area contributed by atoms with Crippen molar-refractivity contribution in [3.05, 3.63) is 64.4 Å². The smallest absolute Gasteiger partial charge is 0.275 e. The number of hydrogen-bond acceptors (Lipinski definition) is 5. The molecule has 0 saturated heterocycles. The Hall–Kier alpha value is -2.73. The summed E-state index contributed by atoms with van der Waals surface area (Å²) in [6.07, 6.45) is 3.41. The van der Waals surface area contributed by atoms with E-state index in [0.717, 1.165) is 22.5 Å². The predicted molar refractivity (Wildman–Crippen MR) is 98.2 cm³/mol. The SMILES string of the molecule is Cc1cc(C)c(NC(=O)c2csc(Nc3cccnc3)n2)c(C)c1. The molecule has 6 heteroatoms. The fraction of sp³-hybridized carbons (Fsp3) is 0.167. The van der Waals surface area contributed by atoms with Crippen LogP contribution in [0.15, 0.2) is 42.0 Å². The number of nitrogens with one attached hydrogen (secondary N) is 2. The van der Waals surface area contributed by atoms with Crippen LogP contribution >= 0.6 is 11.3 Å². The molecule has 122 valence electrons. The van der Waals surface area contributed by atoms with Crippen LogP contribution in [0.3, 0.4) is 0 Å². The Kier molecular flexibility index (Phi) is 4.57. The molecule has 0 fully saturated rings. The molecule has 0 aliphatic heterocycles. The van der Waals surface area contributed by atoms with Crippen molar-refractivity contribution in [3.63, 3.8) is 0 Å². The summed E-state index contributed by atoms with van der Waals surface area (Å²) in [6, 6.07) is 7.85. The van der Waals surface area contributed by atoms with E-state index in [-0.39, 0.29) is 5.91 Å². The number of nitrogens with zero attached hydrogens (tertiary/aromatic N) is 2. The van der Waals surface area contributed by atoms with Crippen molar-refractivity contribution >= 4 is 33.8 Å². The average Bonchev–Trinajstić information content (AvgIpc) is 3.00. The summed E-state index contributed by atoms with van der Waals surface area (Å²) < 4.78 is 0. The number of anilines is 3. The van der Waals surface area contributed by atoms with E-state index in [1.54, 1.807) is 17.8 Å². The van der Waals surface area contributed by atoms with Gasteiger partial charge in [-0.05, 0) is 44.0 Å². The molecule has 0 unspecified atom stereocenters. The summed E-state index contributed by atoms with van der Waals surface area (Å²) in [5.74, 6) is -0.208. The molecule has 3 rings (SSSR count). The molecule has 0 bridgehead atoms. The van der Waals surface area contributed by atoms with Crippen LogP contribution in [0.25, 0.3) is 0 Å². The maximum Gasteiger partial charge on any atom is 0.275 e. The van der Waals surface area contributed by atoms with Crippen LogP contribution in [-0.4, -0.2) is 15.9 Å². The van der Waals surface area contributed by atoms with Gasteiger partial charge in [0.25, 0.3) is 5.91 Å². The molecule has 2 N–H and O–H groups in total. The van der Waals surface area contributed by atoms with Crippen LogP contribution in [0.2, 0.25) is 0 Å². The zero-order valence-corrected chi connectivity index (χ0v) is 14.6. The zero-order chi connectivity index (χ0) is 17.1. The van der Waals surface area contributed by atoms with Gasteiger partial charge in [0.15, 0.2) is 5.13 Å². The highest BCUT2D eigenvalue weighted by molar-refractivity contribution is 7.14. The van der Waals surface area contributed by atoms with Crippen LogP contribution in [0.1, 0.15) is 27.2 Å². The van der Waals surface area contributed by atoms with Gasteiger partial charge in [0.2, 0.25) is 0 Å². The normalized spacial score (nSPS) is 10.5. The van der Waals surface area contributed by atoms with E-state index in [2.05, 4.69) is 32.7 Å². The third-order valence-electron chi connectivity index (χ3n) is 3.57. The topological polar surface area (TPSA) is 66.9 Å². The van der Waals surface area contributed by atoms with Crippen LogP contribution in [0.5, 0.6) is 0 Å². The number of thiazole rings is 1. The molecule has 1 aromatic carbocycles. The van der Waals surface area contributed by atoms with Crippen molar-refractivity contribution in [2.75, 3.05) is 10.6 Å². The number of hydrogen-bond donors (Lipinski definition) is 2. The third-order valence-corrected chi connectivity index (χ3v) is 4.32. The van der Waals surface area contributed by atoms with Crippen molar-refractivity contribution in [3.8, 4) is 0 Å². The molecule has 0 aliphatic rings. The van der Waals surface area contributed by atoms with Crippen molar-refractivity contribution in [1.29, 1.82) is 0 Å². The second-order valence-corrected chi connectivity index (χ2v) is 6.49. The minimum absolute atomic E-state index is 0.208. The first kappa shape index (κ1) is 16.1. The number of amides is 1. The highest BCUT2D eigenvalue weighted by Crippen LogP contribution is 2.24. The van der Waals surface area contributed by atoms with Crippen LogP contribution in [0, 0.1) is 20.8 Å². The molecule has 0 radical (unpaired) electrons. The Morgan fingerprint density at radius 2 is 1.92 bits per heavy atom. The van der Waals surface area contributed by atoms with E-state index >= 15 is 0 Å². The Morgan fingerprint density at radius 1 is 1.17 bits per heavy atom. The highest BCUT2D eigenvalue weighted by atomic mass is 32.1. The van der Waals surface area contributed by atoms with Gasteiger partial charge in [-0.15, -0.1) is 11.3 Å². The molecular formula is C18H18N4OS. The predicted octanol–water partition coefficient (Wildman–Crippen LogP) is 4.46. The van der Waals surface area contributed by atoms with Gasteiger partial charge in [0, 0.05) is 17.3 Å². The summed E-state index contributed by atoms with van der Waals surface area (Å²) in [5.41, 5.74) is 5.35. The van der Waals surface area contributed by atoms with Gasteiger partial charge in [0.05, 0.1) is 11.9 Å². The average molecular weight is 338 g/mol. The monoisotopic (exact) mass is 338 g/mol. The number of carbonyl (C=O) groups excluding carboxylic acids is 1. The summed E-state index contributed by atoms with van der Waals surface area (Å²) in [4.78, 5) is 20.8. The number of rotatable bonds is 4. The molecule has 0 spiro atoms. The molecule has 2 heterocycles. The molecule has 5 nitrogen and oxygen atoms in total. The minimum Gasteiger partial charge on any atom is -0.330 e. The van der Waals surface area contributed by atoms with Crippen molar-refractivity contribution in [2.45, 2.75) is 20.8 Å². The van der Waals surface area contributed by atoms with E-state index in [1.807, 2.05) is 32.9 Å². The summed E-state index contributed by atoms with van der Waals surface area (Å²) in [7, 11) is 0. The van der Waals surface area contributed by atoms with Crippen LogP contribution in [0.4, 0.5) is 16.5 Å². The molecule has 1 amide bonds. The maximum absolute atomic E-state index is 12.5. The Bertz CT molecular complexity index is 851. The quantitative estimate of drug-likeness (QED) is 0.737. The Balaban J connectivity index is 1.75. The second kappa shape index (κ2) is 6.80. The van der Waals surface area contributed by atoms with Gasteiger partial charge in [0.1, 0.15) is 5.69 Å². The molecular weight excluding hydrogens is 320 g/mol. The first-order valence-electron chi connectivity index (χ1n) is 7.54. The molecule has 0 atom stereocenters. The third kappa shape index (κ3) is 3.60. The largest absolute Gasteiger partial charge is 0.330 e. The Morgan fingerprint density at radius 3 is 2.58 bits per heavy atom. The van der Waals surface area contributed by atoms with E-state index in [9.17, 15) is 4.79 Å². The molecule has 0 aliphatic carbocycles. The lowest BCUT2D eigenvalue weighted by Crippen LogP contribution is -2.14. The first-order valence-corrected chi connectivity index (χ1v) is 8.42. The zero-order valence-electron chi connectivity index (χ0n) is 13.8. The van der Waals surface area contributed by atoms with Crippen LogP contribution < -0.4 is 10.6 Å². The molecule has 24 heavy (non-hydrogen) atoms. The summed E-state index contributed by atoms with van der Waals surface area (Å²) in [5, 5.41) is 8.50. The van der Waals surface area contributed by atoms with E-state index < -0.39 is 0 Å².